The van der Waals surface area contributed by atoms with E-state index in [-0.39, 0.29) is 5.97 Å². The van der Waals surface area contributed by atoms with E-state index in [0.29, 0.717) is 13.0 Å². The standard InChI is InChI=1S/C16H25NO2/c1-4-19-16(18)8-6-5-7-13-17(3)15-11-9-14(2)10-12-15/h9-12H,4-8,13H2,1-3H3. The van der Waals surface area contributed by atoms with Gasteiger partial charge < -0.3 is 9.64 Å². The van der Waals surface area contributed by atoms with Crippen LogP contribution in [0.1, 0.15) is 38.2 Å². The Balaban J connectivity index is 2.15. The highest BCUT2D eigenvalue weighted by Crippen LogP contribution is 2.14. The Morgan fingerprint density at radius 1 is 1.16 bits per heavy atom. The van der Waals surface area contributed by atoms with Crippen molar-refractivity contribution in [3.05, 3.63) is 29.8 Å². The van der Waals surface area contributed by atoms with Gasteiger partial charge in [-0.25, -0.2) is 0 Å². The van der Waals surface area contributed by atoms with Gasteiger partial charge in [-0.15, -0.1) is 0 Å². The van der Waals surface area contributed by atoms with Crippen molar-refractivity contribution >= 4 is 11.7 Å². The SMILES string of the molecule is CCOC(=O)CCCCCN(C)c1ccc(C)cc1. The van der Waals surface area contributed by atoms with E-state index in [4.69, 9.17) is 4.74 Å². The molecule has 1 rings (SSSR count). The second kappa shape index (κ2) is 8.57. The Kier molecular flexibility index (Phi) is 7.01. The Morgan fingerprint density at radius 3 is 2.47 bits per heavy atom. The molecule has 0 radical (unpaired) electrons. The maximum atomic E-state index is 11.2. The highest BCUT2D eigenvalue weighted by molar-refractivity contribution is 5.69. The highest BCUT2D eigenvalue weighted by atomic mass is 16.5. The predicted molar refractivity (Wildman–Crippen MR) is 79.6 cm³/mol. The van der Waals surface area contributed by atoms with E-state index in [9.17, 15) is 4.79 Å². The Bertz CT molecular complexity index is 373. The van der Waals surface area contributed by atoms with E-state index in [1.165, 1.54) is 11.3 Å². The summed E-state index contributed by atoms with van der Waals surface area (Å²) in [5.41, 5.74) is 2.53. The molecule has 0 atom stereocenters. The number of benzene rings is 1. The van der Waals surface area contributed by atoms with Gasteiger partial charge in [-0.1, -0.05) is 24.1 Å². The zero-order chi connectivity index (χ0) is 14.1. The van der Waals surface area contributed by atoms with E-state index in [1.807, 2.05) is 6.92 Å². The first kappa shape index (κ1) is 15.5. The van der Waals surface area contributed by atoms with Crippen LogP contribution in [0.3, 0.4) is 0 Å². The molecule has 19 heavy (non-hydrogen) atoms. The third kappa shape index (κ3) is 6.27. The number of aryl methyl sites for hydroxylation is 1. The number of carbonyl (C=O) groups excluding carboxylic acids is 1. The number of unbranched alkanes of at least 4 members (excludes halogenated alkanes) is 2. The first-order valence-corrected chi connectivity index (χ1v) is 7.07. The maximum Gasteiger partial charge on any atom is 0.305 e. The third-order valence-electron chi connectivity index (χ3n) is 3.15. The van der Waals surface area contributed by atoms with Crippen LogP contribution in [-0.4, -0.2) is 26.2 Å². The summed E-state index contributed by atoms with van der Waals surface area (Å²) in [4.78, 5) is 13.4. The van der Waals surface area contributed by atoms with Crippen LogP contribution < -0.4 is 4.90 Å². The molecule has 0 aliphatic heterocycles. The van der Waals surface area contributed by atoms with Gasteiger partial charge in [-0.3, -0.25) is 4.79 Å². The van der Waals surface area contributed by atoms with Crippen molar-refractivity contribution < 1.29 is 9.53 Å². The number of ether oxygens (including phenoxy) is 1. The van der Waals surface area contributed by atoms with E-state index in [1.54, 1.807) is 0 Å². The fourth-order valence-corrected chi connectivity index (χ4v) is 1.96. The van der Waals surface area contributed by atoms with Crippen molar-refractivity contribution in [3.63, 3.8) is 0 Å². The molecule has 0 saturated heterocycles. The molecular formula is C16H25NO2. The van der Waals surface area contributed by atoms with Crippen LogP contribution in [-0.2, 0) is 9.53 Å². The van der Waals surface area contributed by atoms with Crippen LogP contribution in [0.5, 0.6) is 0 Å². The molecule has 1 aromatic carbocycles. The molecule has 0 amide bonds. The van der Waals surface area contributed by atoms with E-state index in [2.05, 4.69) is 43.1 Å². The zero-order valence-corrected chi connectivity index (χ0v) is 12.3. The first-order valence-electron chi connectivity index (χ1n) is 7.07. The van der Waals surface area contributed by atoms with Gasteiger partial charge in [0.2, 0.25) is 0 Å². The summed E-state index contributed by atoms with van der Waals surface area (Å²) < 4.78 is 4.90. The van der Waals surface area contributed by atoms with Gasteiger partial charge in [0.15, 0.2) is 0 Å². The summed E-state index contributed by atoms with van der Waals surface area (Å²) in [7, 11) is 2.11. The smallest absolute Gasteiger partial charge is 0.305 e. The third-order valence-corrected chi connectivity index (χ3v) is 3.15. The molecule has 1 aromatic rings. The Labute approximate surface area is 116 Å². The molecule has 0 N–H and O–H groups in total. The van der Waals surface area contributed by atoms with Crippen LogP contribution in [0.25, 0.3) is 0 Å². The molecule has 106 valence electrons. The molecule has 0 spiro atoms. The van der Waals surface area contributed by atoms with Gasteiger partial charge in [0, 0.05) is 25.7 Å². The van der Waals surface area contributed by atoms with Gasteiger partial charge in [-0.2, -0.15) is 0 Å². The van der Waals surface area contributed by atoms with Gasteiger partial charge in [-0.05, 0) is 38.8 Å². The minimum atomic E-state index is -0.0746. The quantitative estimate of drug-likeness (QED) is 0.530. The highest BCUT2D eigenvalue weighted by Gasteiger charge is 2.02. The zero-order valence-electron chi connectivity index (χ0n) is 12.3. The average Bonchev–Trinajstić information content (AvgIpc) is 2.39. The monoisotopic (exact) mass is 263 g/mol. The Hall–Kier alpha value is -1.51. The van der Waals surface area contributed by atoms with Gasteiger partial charge in [0.05, 0.1) is 6.61 Å². The number of hydrogen-bond donors (Lipinski definition) is 0. The van der Waals surface area contributed by atoms with E-state index >= 15 is 0 Å². The fraction of sp³-hybridized carbons (Fsp3) is 0.562. The summed E-state index contributed by atoms with van der Waals surface area (Å²) in [6.07, 6.45) is 3.63. The lowest BCUT2D eigenvalue weighted by atomic mass is 10.1. The van der Waals surface area contributed by atoms with Crippen molar-refractivity contribution in [1.29, 1.82) is 0 Å². The average molecular weight is 263 g/mol. The van der Waals surface area contributed by atoms with Crippen molar-refractivity contribution in [2.75, 3.05) is 25.1 Å². The van der Waals surface area contributed by atoms with Crippen LogP contribution in [0.15, 0.2) is 24.3 Å². The lowest BCUT2D eigenvalue weighted by Gasteiger charge is -2.19. The molecule has 0 unspecified atom stereocenters. The van der Waals surface area contributed by atoms with Gasteiger partial charge in [0.1, 0.15) is 0 Å². The van der Waals surface area contributed by atoms with Crippen molar-refractivity contribution in [2.24, 2.45) is 0 Å². The molecule has 3 nitrogen and oxygen atoms in total. The largest absolute Gasteiger partial charge is 0.466 e. The second-order valence-electron chi connectivity index (χ2n) is 4.87. The number of carbonyl (C=O) groups is 1. The van der Waals surface area contributed by atoms with Crippen LogP contribution in [0, 0.1) is 6.92 Å². The molecule has 0 heterocycles. The molecule has 0 aliphatic carbocycles. The minimum absolute atomic E-state index is 0.0746. The summed E-state index contributed by atoms with van der Waals surface area (Å²) in [6, 6.07) is 8.56. The van der Waals surface area contributed by atoms with E-state index in [0.717, 1.165) is 25.8 Å². The number of nitrogens with zero attached hydrogens (tertiary/aromatic N) is 1. The topological polar surface area (TPSA) is 29.5 Å². The lowest BCUT2D eigenvalue weighted by molar-refractivity contribution is -0.143. The lowest BCUT2D eigenvalue weighted by Crippen LogP contribution is -2.18. The minimum Gasteiger partial charge on any atom is -0.466 e. The van der Waals surface area contributed by atoms with Crippen LogP contribution in [0.2, 0.25) is 0 Å². The molecule has 3 heteroatoms. The second-order valence-corrected chi connectivity index (χ2v) is 4.87. The summed E-state index contributed by atoms with van der Waals surface area (Å²) in [5, 5.41) is 0. The molecule has 0 fully saturated rings. The van der Waals surface area contributed by atoms with E-state index < -0.39 is 0 Å². The summed E-state index contributed by atoms with van der Waals surface area (Å²) >= 11 is 0. The molecule has 0 aliphatic rings. The van der Waals surface area contributed by atoms with Crippen LogP contribution in [0.4, 0.5) is 5.69 Å². The van der Waals surface area contributed by atoms with Gasteiger partial charge >= 0.3 is 5.97 Å². The first-order chi connectivity index (χ1) is 9.13. The molecule has 0 saturated carbocycles. The van der Waals surface area contributed by atoms with Gasteiger partial charge in [0.25, 0.3) is 0 Å². The molecule has 0 aromatic heterocycles. The normalized spacial score (nSPS) is 10.3. The predicted octanol–water partition coefficient (Wildman–Crippen LogP) is 3.55. The number of esters is 1. The number of anilines is 1. The molecular weight excluding hydrogens is 238 g/mol. The summed E-state index contributed by atoms with van der Waals surface area (Å²) in [6.45, 7) is 5.44. The number of rotatable bonds is 8. The fourth-order valence-electron chi connectivity index (χ4n) is 1.96. The summed E-state index contributed by atoms with van der Waals surface area (Å²) in [5.74, 6) is -0.0746. The Morgan fingerprint density at radius 2 is 1.84 bits per heavy atom. The van der Waals surface area contributed by atoms with Crippen LogP contribution >= 0.6 is 0 Å². The van der Waals surface area contributed by atoms with Crippen molar-refractivity contribution in [3.8, 4) is 0 Å². The maximum absolute atomic E-state index is 11.2. The van der Waals surface area contributed by atoms with Crippen molar-refractivity contribution in [1.82, 2.24) is 0 Å². The molecule has 0 bridgehead atoms. The van der Waals surface area contributed by atoms with Crippen molar-refractivity contribution in [2.45, 2.75) is 39.5 Å². The number of hydrogen-bond acceptors (Lipinski definition) is 3.